The minimum Gasteiger partial charge on any atom is -1.00 e. The standard InChI is InChI=1S/C21H20N2O.BrH/c22-21(24)20-19(14-13-17-8-3-1-4-9-17)12-7-15-23(20)16-18-10-5-2-6-11-18;/h1-12,15H,13-14,16H2,(H-,22,24);1H. The molecule has 4 heteroatoms. The molecule has 1 aromatic heterocycles. The van der Waals surface area contributed by atoms with Crippen molar-refractivity contribution in [3.05, 3.63) is 101 Å². The quantitative estimate of drug-likeness (QED) is 0.581. The van der Waals surface area contributed by atoms with Crippen LogP contribution in [0.3, 0.4) is 0 Å². The van der Waals surface area contributed by atoms with Gasteiger partial charge in [-0.05, 0) is 24.5 Å². The number of aromatic nitrogens is 1. The monoisotopic (exact) mass is 396 g/mol. The molecule has 0 aliphatic rings. The molecule has 2 N–H and O–H groups in total. The Morgan fingerprint density at radius 3 is 2.00 bits per heavy atom. The van der Waals surface area contributed by atoms with Crippen LogP contribution in [0.1, 0.15) is 27.2 Å². The van der Waals surface area contributed by atoms with Gasteiger partial charge in [0, 0.05) is 17.2 Å². The van der Waals surface area contributed by atoms with Gasteiger partial charge < -0.3 is 22.7 Å². The van der Waals surface area contributed by atoms with Crippen molar-refractivity contribution < 1.29 is 26.3 Å². The van der Waals surface area contributed by atoms with Gasteiger partial charge in [0.1, 0.15) is 0 Å². The van der Waals surface area contributed by atoms with Crippen LogP contribution >= 0.6 is 0 Å². The van der Waals surface area contributed by atoms with Gasteiger partial charge in [0.05, 0.1) is 0 Å². The Bertz CT molecular complexity index is 820. The molecule has 0 unspecified atom stereocenters. The lowest BCUT2D eigenvalue weighted by Crippen LogP contribution is -3.00. The van der Waals surface area contributed by atoms with Crippen LogP contribution in [-0.2, 0) is 19.4 Å². The third-order valence-corrected chi connectivity index (χ3v) is 4.11. The molecule has 0 spiro atoms. The summed E-state index contributed by atoms with van der Waals surface area (Å²) in [5.41, 5.74) is 9.66. The number of benzene rings is 2. The molecular weight excluding hydrogens is 376 g/mol. The second kappa shape index (κ2) is 9.14. The van der Waals surface area contributed by atoms with E-state index in [9.17, 15) is 4.79 Å². The summed E-state index contributed by atoms with van der Waals surface area (Å²) < 4.78 is 1.94. The highest BCUT2D eigenvalue weighted by Crippen LogP contribution is 2.10. The summed E-state index contributed by atoms with van der Waals surface area (Å²) in [5, 5.41) is 0. The van der Waals surface area contributed by atoms with Crippen LogP contribution in [0.15, 0.2) is 79.0 Å². The summed E-state index contributed by atoms with van der Waals surface area (Å²) in [6, 6.07) is 24.3. The van der Waals surface area contributed by atoms with Crippen molar-refractivity contribution >= 4 is 5.91 Å². The van der Waals surface area contributed by atoms with Crippen molar-refractivity contribution in [2.24, 2.45) is 5.73 Å². The maximum Gasteiger partial charge on any atom is 0.313 e. The van der Waals surface area contributed by atoms with Crippen LogP contribution in [0.25, 0.3) is 0 Å². The van der Waals surface area contributed by atoms with Crippen LogP contribution in [0, 0.1) is 0 Å². The summed E-state index contributed by atoms with van der Waals surface area (Å²) in [7, 11) is 0. The van der Waals surface area contributed by atoms with Crippen molar-refractivity contribution in [1.29, 1.82) is 0 Å². The lowest BCUT2D eigenvalue weighted by atomic mass is 10.0. The SMILES string of the molecule is NC(=O)c1c(CCc2ccccc2)ccc[n+]1Cc1ccccc1.[Br-]. The predicted molar refractivity (Wildman–Crippen MR) is 94.5 cm³/mol. The van der Waals surface area contributed by atoms with Gasteiger partial charge in [0.25, 0.3) is 5.69 Å². The van der Waals surface area contributed by atoms with E-state index in [0.717, 1.165) is 24.0 Å². The number of nitrogens with two attached hydrogens (primary N) is 1. The van der Waals surface area contributed by atoms with E-state index < -0.39 is 0 Å². The highest BCUT2D eigenvalue weighted by Gasteiger charge is 2.21. The number of halogens is 1. The number of amides is 1. The zero-order valence-electron chi connectivity index (χ0n) is 13.9. The number of carbonyl (C=O) groups is 1. The summed E-state index contributed by atoms with van der Waals surface area (Å²) in [6.45, 7) is 0.637. The molecule has 1 heterocycles. The Morgan fingerprint density at radius 2 is 1.40 bits per heavy atom. The van der Waals surface area contributed by atoms with Gasteiger partial charge in [-0.3, -0.25) is 4.79 Å². The second-order valence-electron chi connectivity index (χ2n) is 5.85. The molecule has 0 saturated carbocycles. The first-order valence-corrected chi connectivity index (χ1v) is 8.13. The minimum atomic E-state index is -0.380. The van der Waals surface area contributed by atoms with Crippen LogP contribution in [-0.4, -0.2) is 5.91 Å². The maximum atomic E-state index is 12.0. The molecule has 0 aliphatic heterocycles. The van der Waals surface area contributed by atoms with E-state index in [2.05, 4.69) is 24.3 Å². The third kappa shape index (κ3) is 5.00. The van der Waals surface area contributed by atoms with E-state index >= 15 is 0 Å². The molecule has 3 rings (SSSR count). The Labute approximate surface area is 158 Å². The Kier molecular flexibility index (Phi) is 6.90. The normalized spacial score (nSPS) is 10.1. The van der Waals surface area contributed by atoms with Crippen molar-refractivity contribution in [3.63, 3.8) is 0 Å². The molecule has 3 aromatic rings. The van der Waals surface area contributed by atoms with E-state index in [1.165, 1.54) is 5.56 Å². The number of primary amides is 1. The zero-order chi connectivity index (χ0) is 16.8. The summed E-state index contributed by atoms with van der Waals surface area (Å²) in [6.07, 6.45) is 3.59. The maximum absolute atomic E-state index is 12.0. The average molecular weight is 397 g/mol. The molecule has 2 aromatic carbocycles. The topological polar surface area (TPSA) is 47.0 Å². The highest BCUT2D eigenvalue weighted by atomic mass is 79.9. The molecule has 3 nitrogen and oxygen atoms in total. The smallest absolute Gasteiger partial charge is 0.313 e. The number of carbonyl (C=O) groups excluding carboxylic acids is 1. The van der Waals surface area contributed by atoms with Crippen LogP contribution in [0.5, 0.6) is 0 Å². The fourth-order valence-electron chi connectivity index (χ4n) is 2.94. The van der Waals surface area contributed by atoms with Crippen molar-refractivity contribution in [1.82, 2.24) is 0 Å². The molecule has 0 radical (unpaired) electrons. The number of pyridine rings is 1. The Hall–Kier alpha value is -2.46. The summed E-state index contributed by atoms with van der Waals surface area (Å²) >= 11 is 0. The van der Waals surface area contributed by atoms with E-state index in [1.54, 1.807) is 0 Å². The Morgan fingerprint density at radius 1 is 0.800 bits per heavy atom. The van der Waals surface area contributed by atoms with Crippen molar-refractivity contribution in [2.75, 3.05) is 0 Å². The number of nitrogens with zero attached hydrogens (tertiary/aromatic N) is 1. The average Bonchev–Trinajstić information content (AvgIpc) is 2.61. The molecule has 0 atom stereocenters. The van der Waals surface area contributed by atoms with Gasteiger partial charge in [0.2, 0.25) is 0 Å². The number of hydrogen-bond donors (Lipinski definition) is 1. The lowest BCUT2D eigenvalue weighted by Gasteiger charge is -2.07. The molecule has 128 valence electrons. The van der Waals surface area contributed by atoms with Crippen molar-refractivity contribution in [2.45, 2.75) is 19.4 Å². The van der Waals surface area contributed by atoms with Gasteiger partial charge >= 0.3 is 5.91 Å². The van der Waals surface area contributed by atoms with Crippen LogP contribution in [0.4, 0.5) is 0 Å². The summed E-state index contributed by atoms with van der Waals surface area (Å²) in [4.78, 5) is 12.0. The third-order valence-electron chi connectivity index (χ3n) is 4.11. The van der Waals surface area contributed by atoms with Gasteiger partial charge in [-0.15, -0.1) is 0 Å². The highest BCUT2D eigenvalue weighted by molar-refractivity contribution is 5.90. The fraction of sp³-hybridized carbons (Fsp3) is 0.143. The lowest BCUT2D eigenvalue weighted by molar-refractivity contribution is -0.690. The fourth-order valence-corrected chi connectivity index (χ4v) is 2.94. The second-order valence-corrected chi connectivity index (χ2v) is 5.85. The first-order chi connectivity index (χ1) is 11.7. The van der Waals surface area contributed by atoms with E-state index in [4.69, 9.17) is 5.73 Å². The van der Waals surface area contributed by atoms with E-state index in [0.29, 0.717) is 12.2 Å². The Balaban J connectivity index is 0.00000225. The van der Waals surface area contributed by atoms with Crippen LogP contribution in [0.2, 0.25) is 0 Å². The molecule has 0 bridgehead atoms. The molecule has 0 aliphatic carbocycles. The van der Waals surface area contributed by atoms with E-state index in [1.807, 2.05) is 59.3 Å². The first-order valence-electron chi connectivity index (χ1n) is 8.13. The summed E-state index contributed by atoms with van der Waals surface area (Å²) in [5.74, 6) is -0.380. The molecule has 0 fully saturated rings. The molecular formula is C21H21BrN2O. The zero-order valence-corrected chi connectivity index (χ0v) is 15.5. The molecule has 25 heavy (non-hydrogen) atoms. The minimum absolute atomic E-state index is 0. The molecule has 1 amide bonds. The van der Waals surface area contributed by atoms with Gasteiger partial charge in [-0.1, -0.05) is 60.7 Å². The number of rotatable bonds is 6. The van der Waals surface area contributed by atoms with E-state index in [-0.39, 0.29) is 22.9 Å². The number of aryl methyl sites for hydroxylation is 2. The number of hydrogen-bond acceptors (Lipinski definition) is 1. The van der Waals surface area contributed by atoms with Gasteiger partial charge in [0.15, 0.2) is 12.7 Å². The predicted octanol–water partition coefficient (Wildman–Crippen LogP) is -0.0895. The van der Waals surface area contributed by atoms with Crippen molar-refractivity contribution in [3.8, 4) is 0 Å². The van der Waals surface area contributed by atoms with Crippen LogP contribution < -0.4 is 27.3 Å². The first kappa shape index (κ1) is 18.9. The molecule has 0 saturated heterocycles. The van der Waals surface area contributed by atoms with Gasteiger partial charge in [-0.25, -0.2) is 0 Å². The van der Waals surface area contributed by atoms with Gasteiger partial charge in [-0.2, -0.15) is 4.57 Å². The largest absolute Gasteiger partial charge is 1.00 e.